The first kappa shape index (κ1) is 21.4. The standard InChI is InChI=1S/C20H30O5/c1-7-10-15-11-13-19(4,5)20(17(15)21,18(22)23-6)14-12-16(24-8-2)25-9-3/h7,15-16H,1,8-11,13H2,2-6H3/t15-,20+/m1/s1. The topological polar surface area (TPSA) is 61.8 Å². The molecule has 0 amide bonds. The van der Waals surface area contributed by atoms with Crippen LogP contribution in [0.4, 0.5) is 0 Å². The average Bonchev–Trinajstić information content (AvgIpc) is 2.57. The molecule has 5 nitrogen and oxygen atoms in total. The fourth-order valence-corrected chi connectivity index (χ4v) is 3.33. The smallest absolute Gasteiger partial charge is 0.332 e. The number of rotatable bonds is 7. The zero-order chi connectivity index (χ0) is 19.1. The summed E-state index contributed by atoms with van der Waals surface area (Å²) in [4.78, 5) is 26.0. The van der Waals surface area contributed by atoms with Gasteiger partial charge in [0.1, 0.15) is 0 Å². The van der Waals surface area contributed by atoms with E-state index in [1.165, 1.54) is 7.11 Å². The summed E-state index contributed by atoms with van der Waals surface area (Å²) >= 11 is 0. The van der Waals surface area contributed by atoms with Gasteiger partial charge in [-0.2, -0.15) is 0 Å². The summed E-state index contributed by atoms with van der Waals surface area (Å²) in [6.07, 6.45) is 2.85. The summed E-state index contributed by atoms with van der Waals surface area (Å²) in [5, 5.41) is 0. The molecule has 0 aromatic rings. The summed E-state index contributed by atoms with van der Waals surface area (Å²) in [6, 6.07) is 0. The Morgan fingerprint density at radius 2 is 1.96 bits per heavy atom. The molecule has 2 atom stereocenters. The predicted molar refractivity (Wildman–Crippen MR) is 95.6 cm³/mol. The summed E-state index contributed by atoms with van der Waals surface area (Å²) in [5.74, 6) is 4.68. The van der Waals surface area contributed by atoms with E-state index in [1.54, 1.807) is 6.08 Å². The van der Waals surface area contributed by atoms with E-state index in [4.69, 9.17) is 14.2 Å². The van der Waals surface area contributed by atoms with Gasteiger partial charge >= 0.3 is 5.97 Å². The second-order valence-corrected chi connectivity index (χ2v) is 6.76. The SMILES string of the molecule is C=CC[C@@H]1CCC(C)(C)[C@](C#CC(OCC)OCC)(C(=O)OC)C1=O. The molecule has 25 heavy (non-hydrogen) atoms. The van der Waals surface area contributed by atoms with Crippen molar-refractivity contribution in [3.63, 3.8) is 0 Å². The van der Waals surface area contributed by atoms with E-state index in [-0.39, 0.29) is 11.7 Å². The van der Waals surface area contributed by atoms with E-state index < -0.39 is 23.1 Å². The molecule has 0 heterocycles. The van der Waals surface area contributed by atoms with Gasteiger partial charge in [0.25, 0.3) is 0 Å². The van der Waals surface area contributed by atoms with Gasteiger partial charge in [0.05, 0.1) is 7.11 Å². The van der Waals surface area contributed by atoms with Crippen molar-refractivity contribution in [1.82, 2.24) is 0 Å². The molecule has 1 fully saturated rings. The minimum absolute atomic E-state index is 0.199. The van der Waals surface area contributed by atoms with Gasteiger partial charge in [-0.3, -0.25) is 4.79 Å². The van der Waals surface area contributed by atoms with Gasteiger partial charge in [0, 0.05) is 19.1 Å². The average molecular weight is 350 g/mol. The van der Waals surface area contributed by atoms with Crippen molar-refractivity contribution in [2.24, 2.45) is 16.7 Å². The highest BCUT2D eigenvalue weighted by Crippen LogP contribution is 2.51. The molecule has 1 rings (SSSR count). The lowest BCUT2D eigenvalue weighted by atomic mass is 9.54. The Kier molecular flexibility index (Phi) is 7.85. The highest BCUT2D eigenvalue weighted by molar-refractivity contribution is 6.09. The highest BCUT2D eigenvalue weighted by atomic mass is 16.7. The van der Waals surface area contributed by atoms with Crippen LogP contribution in [0.1, 0.15) is 47.0 Å². The van der Waals surface area contributed by atoms with Crippen molar-refractivity contribution in [3.05, 3.63) is 12.7 Å². The molecular formula is C20H30O5. The van der Waals surface area contributed by atoms with Crippen LogP contribution in [0.5, 0.6) is 0 Å². The number of Topliss-reactive ketones (excluding diaryl/α,β-unsaturated/α-hetero) is 1. The lowest BCUT2D eigenvalue weighted by Crippen LogP contribution is -2.55. The molecule has 140 valence electrons. The van der Waals surface area contributed by atoms with Gasteiger partial charge in [-0.05, 0) is 44.4 Å². The molecule has 0 aliphatic heterocycles. The number of hydrogen-bond acceptors (Lipinski definition) is 5. The third-order valence-electron chi connectivity index (χ3n) is 4.83. The number of methoxy groups -OCH3 is 1. The minimum Gasteiger partial charge on any atom is -0.468 e. The molecular weight excluding hydrogens is 320 g/mol. The summed E-state index contributed by atoms with van der Waals surface area (Å²) in [7, 11) is 1.29. The molecule has 0 unspecified atom stereocenters. The summed E-state index contributed by atoms with van der Waals surface area (Å²) < 4.78 is 15.9. The molecule has 5 heteroatoms. The van der Waals surface area contributed by atoms with Gasteiger partial charge in [-0.15, -0.1) is 6.58 Å². The molecule has 0 bridgehead atoms. The van der Waals surface area contributed by atoms with Crippen molar-refractivity contribution in [1.29, 1.82) is 0 Å². The first-order chi connectivity index (χ1) is 11.8. The van der Waals surface area contributed by atoms with Gasteiger partial charge in [-0.1, -0.05) is 25.8 Å². The van der Waals surface area contributed by atoms with Crippen molar-refractivity contribution in [2.75, 3.05) is 20.3 Å². The first-order valence-electron chi connectivity index (χ1n) is 8.80. The highest BCUT2D eigenvalue weighted by Gasteiger charge is 2.60. The monoisotopic (exact) mass is 350 g/mol. The van der Waals surface area contributed by atoms with Crippen LogP contribution in [0.3, 0.4) is 0 Å². The van der Waals surface area contributed by atoms with Crippen LogP contribution >= 0.6 is 0 Å². The lowest BCUT2D eigenvalue weighted by molar-refractivity contribution is -0.166. The van der Waals surface area contributed by atoms with Crippen LogP contribution < -0.4 is 0 Å². The van der Waals surface area contributed by atoms with Crippen LogP contribution in [-0.2, 0) is 23.8 Å². The molecule has 0 aromatic carbocycles. The number of ketones is 1. The number of esters is 1. The molecule has 0 N–H and O–H groups in total. The Morgan fingerprint density at radius 1 is 1.36 bits per heavy atom. The lowest BCUT2D eigenvalue weighted by Gasteiger charge is -2.45. The number of carbonyl (C=O) groups is 2. The molecule has 1 saturated carbocycles. The number of ether oxygens (including phenoxy) is 3. The van der Waals surface area contributed by atoms with E-state index in [9.17, 15) is 9.59 Å². The molecule has 0 radical (unpaired) electrons. The first-order valence-corrected chi connectivity index (χ1v) is 8.80. The Balaban J connectivity index is 3.42. The molecule has 0 spiro atoms. The van der Waals surface area contributed by atoms with E-state index in [0.717, 1.165) is 0 Å². The van der Waals surface area contributed by atoms with Gasteiger partial charge in [0.15, 0.2) is 11.2 Å². The van der Waals surface area contributed by atoms with Crippen molar-refractivity contribution < 1.29 is 23.8 Å². The molecule has 0 aromatic heterocycles. The minimum atomic E-state index is -1.53. The van der Waals surface area contributed by atoms with Gasteiger partial charge < -0.3 is 14.2 Å². The van der Waals surface area contributed by atoms with E-state index in [1.807, 2.05) is 27.7 Å². The largest absolute Gasteiger partial charge is 0.468 e. The van der Waals surface area contributed by atoms with E-state index >= 15 is 0 Å². The van der Waals surface area contributed by atoms with Crippen LogP contribution in [-0.4, -0.2) is 38.4 Å². The third-order valence-corrected chi connectivity index (χ3v) is 4.83. The predicted octanol–water partition coefficient (Wildman–Crippen LogP) is 3.13. The number of hydrogen-bond donors (Lipinski definition) is 0. The van der Waals surface area contributed by atoms with Crippen molar-refractivity contribution >= 4 is 11.8 Å². The Labute approximate surface area is 151 Å². The zero-order valence-electron chi connectivity index (χ0n) is 16.0. The fourth-order valence-electron chi connectivity index (χ4n) is 3.33. The van der Waals surface area contributed by atoms with Crippen molar-refractivity contribution in [3.8, 4) is 11.8 Å². The normalized spacial score (nSPS) is 25.2. The maximum Gasteiger partial charge on any atom is 0.332 e. The fraction of sp³-hybridized carbons (Fsp3) is 0.700. The number of allylic oxidation sites excluding steroid dienone is 1. The second kappa shape index (κ2) is 9.17. The van der Waals surface area contributed by atoms with Gasteiger partial charge in [0.2, 0.25) is 6.29 Å². The maximum absolute atomic E-state index is 13.2. The molecule has 1 aliphatic carbocycles. The van der Waals surface area contributed by atoms with Crippen LogP contribution in [0.2, 0.25) is 0 Å². The Morgan fingerprint density at radius 3 is 2.44 bits per heavy atom. The maximum atomic E-state index is 13.2. The summed E-state index contributed by atoms with van der Waals surface area (Å²) in [5.41, 5.74) is -2.18. The zero-order valence-corrected chi connectivity index (χ0v) is 16.0. The Bertz CT molecular complexity index is 548. The summed E-state index contributed by atoms with van der Waals surface area (Å²) in [6.45, 7) is 12.0. The van der Waals surface area contributed by atoms with Gasteiger partial charge in [-0.25, -0.2) is 4.79 Å². The van der Waals surface area contributed by atoms with E-state index in [2.05, 4.69) is 18.4 Å². The second-order valence-electron chi connectivity index (χ2n) is 6.76. The van der Waals surface area contributed by atoms with Crippen LogP contribution in [0, 0.1) is 28.6 Å². The Hall–Kier alpha value is -1.64. The quantitative estimate of drug-likeness (QED) is 0.232. The molecule has 1 aliphatic rings. The van der Waals surface area contributed by atoms with Crippen molar-refractivity contribution in [2.45, 2.75) is 53.2 Å². The van der Waals surface area contributed by atoms with E-state index in [0.29, 0.717) is 32.5 Å². The van der Waals surface area contributed by atoms with Crippen LogP contribution in [0.25, 0.3) is 0 Å². The van der Waals surface area contributed by atoms with Crippen LogP contribution in [0.15, 0.2) is 12.7 Å². The molecule has 0 saturated heterocycles. The number of carbonyl (C=O) groups excluding carboxylic acids is 2. The third kappa shape index (κ3) is 4.31.